The zero-order valence-corrected chi connectivity index (χ0v) is 21.4. The molecule has 0 fully saturated rings. The van der Waals surface area contributed by atoms with Gasteiger partial charge in [0.1, 0.15) is 5.75 Å². The fourth-order valence-electron chi connectivity index (χ4n) is 4.22. The van der Waals surface area contributed by atoms with Crippen molar-refractivity contribution in [3.8, 4) is 5.75 Å². The molecule has 0 bridgehead atoms. The predicted octanol–water partition coefficient (Wildman–Crippen LogP) is 8.02. The van der Waals surface area contributed by atoms with Gasteiger partial charge in [-0.15, -0.1) is 0 Å². The number of ether oxygens (including phenoxy) is 1. The van der Waals surface area contributed by atoms with Gasteiger partial charge in [-0.05, 0) is 65.0 Å². The van der Waals surface area contributed by atoms with Crippen LogP contribution in [0.15, 0.2) is 24.3 Å². The van der Waals surface area contributed by atoms with Crippen LogP contribution in [0.5, 0.6) is 5.75 Å². The van der Waals surface area contributed by atoms with E-state index in [0.717, 1.165) is 18.8 Å². The molecule has 0 aliphatic carbocycles. The summed E-state index contributed by atoms with van der Waals surface area (Å²) >= 11 is 0. The van der Waals surface area contributed by atoms with Crippen molar-refractivity contribution in [1.29, 1.82) is 0 Å². The highest BCUT2D eigenvalue weighted by Crippen LogP contribution is 2.37. The van der Waals surface area contributed by atoms with E-state index in [2.05, 4.69) is 97.2 Å². The van der Waals surface area contributed by atoms with E-state index >= 15 is 0 Å². The highest BCUT2D eigenvalue weighted by molar-refractivity contribution is 5.64. The van der Waals surface area contributed by atoms with Crippen molar-refractivity contribution in [2.75, 3.05) is 30.8 Å². The van der Waals surface area contributed by atoms with Crippen molar-refractivity contribution in [3.63, 3.8) is 0 Å². The monoisotopic (exact) mass is 424 g/mol. The molecule has 2 rings (SSSR count). The van der Waals surface area contributed by atoms with Crippen LogP contribution in [0.2, 0.25) is 0 Å². The summed E-state index contributed by atoms with van der Waals surface area (Å²) in [6.45, 7) is 22.1. The van der Waals surface area contributed by atoms with Crippen LogP contribution in [0.4, 0.5) is 11.4 Å². The molecule has 172 valence electrons. The molecule has 0 aliphatic rings. The molecule has 3 heteroatoms. The third-order valence-electron chi connectivity index (χ3n) is 5.97. The van der Waals surface area contributed by atoms with E-state index in [0.29, 0.717) is 23.7 Å². The number of aryl methyl sites for hydroxylation is 1. The van der Waals surface area contributed by atoms with Gasteiger partial charge in [0.05, 0.1) is 7.11 Å². The lowest BCUT2D eigenvalue weighted by atomic mass is 9.90. The Morgan fingerprint density at radius 3 is 1.23 bits per heavy atom. The third-order valence-corrected chi connectivity index (χ3v) is 5.97. The van der Waals surface area contributed by atoms with Gasteiger partial charge in [-0.25, -0.2) is 0 Å². The first kappa shape index (κ1) is 25.1. The maximum absolute atomic E-state index is 5.57. The fourth-order valence-corrected chi connectivity index (χ4v) is 4.22. The first-order chi connectivity index (χ1) is 14.6. The van der Waals surface area contributed by atoms with E-state index in [9.17, 15) is 0 Å². The lowest BCUT2D eigenvalue weighted by Crippen LogP contribution is -2.18. The summed E-state index contributed by atoms with van der Waals surface area (Å²) in [5.74, 6) is 2.79. The van der Waals surface area contributed by atoms with Gasteiger partial charge in [-0.1, -0.05) is 73.1 Å². The van der Waals surface area contributed by atoms with Crippen molar-refractivity contribution in [3.05, 3.63) is 52.1 Å². The number of benzene rings is 2. The number of anilines is 2. The second-order valence-electron chi connectivity index (χ2n) is 9.97. The van der Waals surface area contributed by atoms with Crippen molar-refractivity contribution in [2.45, 2.75) is 86.0 Å². The van der Waals surface area contributed by atoms with Gasteiger partial charge in [0.15, 0.2) is 0 Å². The standard InChI is InChI=1S/C28H44N2O/c1-17(2)23-13-21(9)14-24(18(3)4)27(23)29-11-12-30-28-25(19(5)6)15-22(31-10)16-26(28)20(7)8/h13-20,29-30H,11-12H2,1-10H3. The normalized spacial score (nSPS) is 11.7. The zero-order chi connectivity index (χ0) is 23.3. The Kier molecular flexibility index (Phi) is 8.85. The molecule has 0 saturated heterocycles. The maximum atomic E-state index is 5.57. The summed E-state index contributed by atoms with van der Waals surface area (Å²) in [4.78, 5) is 0. The van der Waals surface area contributed by atoms with Gasteiger partial charge >= 0.3 is 0 Å². The fraction of sp³-hybridized carbons (Fsp3) is 0.571. The second kappa shape index (κ2) is 10.9. The third kappa shape index (κ3) is 6.18. The molecule has 2 aromatic carbocycles. The quantitative estimate of drug-likeness (QED) is 0.379. The van der Waals surface area contributed by atoms with Gasteiger partial charge in [0.2, 0.25) is 0 Å². The molecule has 0 atom stereocenters. The van der Waals surface area contributed by atoms with E-state index in [-0.39, 0.29) is 0 Å². The van der Waals surface area contributed by atoms with Gasteiger partial charge in [-0.3, -0.25) is 0 Å². The summed E-state index contributed by atoms with van der Waals surface area (Å²) in [5, 5.41) is 7.53. The van der Waals surface area contributed by atoms with E-state index < -0.39 is 0 Å². The van der Waals surface area contributed by atoms with Crippen LogP contribution in [-0.4, -0.2) is 20.2 Å². The number of hydrogen-bond acceptors (Lipinski definition) is 3. The van der Waals surface area contributed by atoms with Crippen molar-refractivity contribution in [1.82, 2.24) is 0 Å². The predicted molar refractivity (Wildman–Crippen MR) is 138 cm³/mol. The summed E-state index contributed by atoms with van der Waals surface area (Å²) in [5.41, 5.74) is 9.41. The molecule has 0 heterocycles. The van der Waals surface area contributed by atoms with Crippen LogP contribution in [0.3, 0.4) is 0 Å². The molecule has 31 heavy (non-hydrogen) atoms. The van der Waals surface area contributed by atoms with Crippen molar-refractivity contribution < 1.29 is 4.74 Å². The Labute approximate surface area is 191 Å². The van der Waals surface area contributed by atoms with Crippen LogP contribution in [0, 0.1) is 6.92 Å². The van der Waals surface area contributed by atoms with Crippen molar-refractivity contribution >= 4 is 11.4 Å². The van der Waals surface area contributed by atoms with Gasteiger partial charge < -0.3 is 15.4 Å². The number of hydrogen-bond donors (Lipinski definition) is 2. The minimum absolute atomic E-state index is 0.431. The average Bonchev–Trinajstić information content (AvgIpc) is 2.70. The Hall–Kier alpha value is -2.16. The molecule has 2 N–H and O–H groups in total. The van der Waals surface area contributed by atoms with Gasteiger partial charge in [-0.2, -0.15) is 0 Å². The van der Waals surface area contributed by atoms with E-state index in [1.807, 2.05) is 0 Å². The average molecular weight is 425 g/mol. The minimum Gasteiger partial charge on any atom is -0.497 e. The molecule has 3 nitrogen and oxygen atoms in total. The summed E-state index contributed by atoms with van der Waals surface area (Å²) in [7, 11) is 1.75. The summed E-state index contributed by atoms with van der Waals surface area (Å²) < 4.78 is 5.57. The SMILES string of the molecule is COc1cc(C(C)C)c(NCCNc2c(C(C)C)cc(C)cc2C(C)C)c(C(C)C)c1. The van der Waals surface area contributed by atoms with E-state index in [1.54, 1.807) is 7.11 Å². The molecule has 0 aromatic heterocycles. The van der Waals surface area contributed by atoms with Crippen LogP contribution in [0.25, 0.3) is 0 Å². The maximum Gasteiger partial charge on any atom is 0.119 e. The molecule has 0 unspecified atom stereocenters. The number of rotatable bonds is 10. The molecular weight excluding hydrogens is 380 g/mol. The Bertz CT molecular complexity index is 807. The second-order valence-corrected chi connectivity index (χ2v) is 9.97. The first-order valence-corrected chi connectivity index (χ1v) is 11.9. The topological polar surface area (TPSA) is 33.3 Å². The van der Waals surface area contributed by atoms with E-state index in [4.69, 9.17) is 4.74 Å². The highest BCUT2D eigenvalue weighted by Gasteiger charge is 2.17. The lowest BCUT2D eigenvalue weighted by molar-refractivity contribution is 0.413. The van der Waals surface area contributed by atoms with Gasteiger partial charge in [0, 0.05) is 24.5 Å². The minimum atomic E-state index is 0.431. The Morgan fingerprint density at radius 2 is 0.935 bits per heavy atom. The Balaban J connectivity index is 2.26. The van der Waals surface area contributed by atoms with Crippen LogP contribution < -0.4 is 15.4 Å². The molecule has 0 radical (unpaired) electrons. The number of nitrogens with one attached hydrogen (secondary N) is 2. The molecule has 0 spiro atoms. The molecule has 0 saturated carbocycles. The van der Waals surface area contributed by atoms with Crippen LogP contribution in [0.1, 0.15) is 107 Å². The highest BCUT2D eigenvalue weighted by atomic mass is 16.5. The molecule has 0 amide bonds. The van der Waals surface area contributed by atoms with Crippen LogP contribution >= 0.6 is 0 Å². The summed E-state index contributed by atoms with van der Waals surface area (Å²) in [6.07, 6.45) is 0. The molecule has 2 aromatic rings. The Morgan fingerprint density at radius 1 is 0.613 bits per heavy atom. The zero-order valence-electron chi connectivity index (χ0n) is 21.4. The van der Waals surface area contributed by atoms with E-state index in [1.165, 1.54) is 39.2 Å². The smallest absolute Gasteiger partial charge is 0.119 e. The van der Waals surface area contributed by atoms with Crippen molar-refractivity contribution in [2.24, 2.45) is 0 Å². The largest absolute Gasteiger partial charge is 0.497 e. The number of methoxy groups -OCH3 is 1. The first-order valence-electron chi connectivity index (χ1n) is 11.9. The molecule has 0 aliphatic heterocycles. The summed E-state index contributed by atoms with van der Waals surface area (Å²) in [6, 6.07) is 9.03. The van der Waals surface area contributed by atoms with Crippen LogP contribution in [-0.2, 0) is 0 Å². The lowest BCUT2D eigenvalue weighted by Gasteiger charge is -2.24. The molecular formula is C28H44N2O. The van der Waals surface area contributed by atoms with Gasteiger partial charge in [0.25, 0.3) is 0 Å².